The molecule has 1 heterocycles. The van der Waals surface area contributed by atoms with Crippen LogP contribution in [0.1, 0.15) is 39.8 Å². The minimum Gasteiger partial charge on any atom is -0.342 e. The first-order valence-electron chi connectivity index (χ1n) is 8.78. The Morgan fingerprint density at radius 3 is 2.50 bits per heavy atom. The molecule has 1 rings (SSSR count). The monoisotopic (exact) mass is 379 g/mol. The third-order valence-corrected chi connectivity index (χ3v) is 5.61. The van der Waals surface area contributed by atoms with Gasteiger partial charge in [0.25, 0.3) is 8.53 Å². The minimum absolute atomic E-state index is 0.286. The van der Waals surface area contributed by atoms with Gasteiger partial charge in [0, 0.05) is 31.9 Å². The summed E-state index contributed by atoms with van der Waals surface area (Å²) in [6.07, 6.45) is 3.77. The molecule has 0 aliphatic rings. The Morgan fingerprint density at radius 1 is 1.27 bits per heavy atom. The molecule has 8 heteroatoms. The van der Waals surface area contributed by atoms with E-state index in [0.717, 1.165) is 5.69 Å². The highest BCUT2D eigenvalue weighted by Crippen LogP contribution is 2.45. The van der Waals surface area contributed by atoms with Crippen molar-refractivity contribution in [2.75, 3.05) is 31.7 Å². The van der Waals surface area contributed by atoms with Crippen molar-refractivity contribution in [2.24, 2.45) is 0 Å². The third kappa shape index (κ3) is 7.35. The predicted molar refractivity (Wildman–Crippen MR) is 107 cm³/mol. The molecule has 0 spiro atoms. The maximum absolute atomic E-state index is 8.75. The van der Waals surface area contributed by atoms with Crippen LogP contribution < -0.4 is 4.90 Å². The van der Waals surface area contributed by atoms with Gasteiger partial charge in [-0.25, -0.2) is 14.6 Å². The molecule has 0 radical (unpaired) electrons. The van der Waals surface area contributed by atoms with Gasteiger partial charge in [0.15, 0.2) is 0 Å². The Hall–Kier alpha value is -1.58. The number of hydrogen-bond donors (Lipinski definition) is 0. The molecule has 0 aromatic carbocycles. The van der Waals surface area contributed by atoms with Gasteiger partial charge in [-0.15, -0.1) is 0 Å². The summed E-state index contributed by atoms with van der Waals surface area (Å²) in [6, 6.07) is 4.49. The zero-order valence-electron chi connectivity index (χ0n) is 16.4. The van der Waals surface area contributed by atoms with E-state index in [1.807, 2.05) is 18.0 Å². The summed E-state index contributed by atoms with van der Waals surface area (Å²) in [5.74, 6) is 0.630. The molecule has 7 nitrogen and oxygen atoms in total. The maximum atomic E-state index is 8.75. The largest absolute Gasteiger partial charge is 0.342 e. The number of anilines is 1. The second-order valence-electron chi connectivity index (χ2n) is 6.29. The Bertz CT molecular complexity index is 583. The maximum Gasteiger partial charge on any atom is 0.259 e. The third-order valence-electron chi connectivity index (χ3n) is 3.51. The molecular formula is C18H30N5O2P. The van der Waals surface area contributed by atoms with E-state index >= 15 is 0 Å². The molecule has 1 aromatic heterocycles. The number of aromatic nitrogens is 2. The molecule has 0 aliphatic carbocycles. The second-order valence-corrected chi connectivity index (χ2v) is 7.74. The van der Waals surface area contributed by atoms with Crippen LogP contribution in [0.2, 0.25) is 0 Å². The molecule has 1 atom stereocenters. The molecule has 0 N–H and O–H groups in total. The van der Waals surface area contributed by atoms with Gasteiger partial charge in [0.05, 0.1) is 31.4 Å². The average molecular weight is 379 g/mol. The first-order valence-corrected chi connectivity index (χ1v) is 9.91. The summed E-state index contributed by atoms with van der Waals surface area (Å²) in [7, 11) is 0.699. The van der Waals surface area contributed by atoms with E-state index in [0.29, 0.717) is 32.1 Å². The average Bonchev–Trinajstić information content (AvgIpc) is 2.61. The topological polar surface area (TPSA) is 74.5 Å². The number of hydrogen-bond acceptors (Lipinski definition) is 7. The van der Waals surface area contributed by atoms with Gasteiger partial charge in [-0.3, -0.25) is 0 Å². The molecule has 0 saturated heterocycles. The van der Waals surface area contributed by atoms with Crippen molar-refractivity contribution in [1.29, 1.82) is 5.26 Å². The van der Waals surface area contributed by atoms with Crippen molar-refractivity contribution in [1.82, 2.24) is 14.6 Å². The summed E-state index contributed by atoms with van der Waals surface area (Å²) in [4.78, 5) is 10.6. The number of rotatable bonds is 12. The molecule has 1 aromatic rings. The summed E-state index contributed by atoms with van der Waals surface area (Å²) < 4.78 is 14.1. The molecule has 1 unspecified atom stereocenters. The van der Waals surface area contributed by atoms with E-state index in [4.69, 9.17) is 14.3 Å². The van der Waals surface area contributed by atoms with Crippen LogP contribution >= 0.6 is 8.53 Å². The Balaban J connectivity index is 2.66. The molecule has 0 amide bonds. The molecule has 0 saturated carbocycles. The normalized spacial score (nSPS) is 12.4. The van der Waals surface area contributed by atoms with Gasteiger partial charge >= 0.3 is 0 Å². The van der Waals surface area contributed by atoms with Crippen LogP contribution in [0.4, 0.5) is 5.95 Å². The summed E-state index contributed by atoms with van der Waals surface area (Å²) in [6.45, 7) is 13.7. The molecule has 0 bridgehead atoms. The van der Waals surface area contributed by atoms with Gasteiger partial charge in [-0.05, 0) is 39.8 Å². The van der Waals surface area contributed by atoms with Crippen LogP contribution in [0, 0.1) is 11.3 Å². The zero-order valence-corrected chi connectivity index (χ0v) is 17.3. The molecule has 144 valence electrons. The van der Waals surface area contributed by atoms with Crippen molar-refractivity contribution in [3.8, 4) is 6.07 Å². The standard InChI is InChI=1S/C18H30N5O2P/c1-7-17-9-11-20-18(21-17)22(6)12-14-25-26(24-13-8-10-19)23(15(2)3)16(4)5/h7,9,11,15-16H,1,8,12-14H2,2-6H3. The van der Waals surface area contributed by atoms with Crippen LogP contribution in [0.25, 0.3) is 6.08 Å². The summed E-state index contributed by atoms with van der Waals surface area (Å²) in [5, 5.41) is 8.75. The molecular weight excluding hydrogens is 349 g/mol. The predicted octanol–water partition coefficient (Wildman–Crippen LogP) is 3.85. The van der Waals surface area contributed by atoms with Crippen molar-refractivity contribution < 1.29 is 9.05 Å². The Morgan fingerprint density at radius 2 is 1.92 bits per heavy atom. The van der Waals surface area contributed by atoms with Gasteiger partial charge in [-0.2, -0.15) is 5.26 Å². The second kappa shape index (κ2) is 11.9. The fourth-order valence-corrected chi connectivity index (χ4v) is 3.91. The van der Waals surface area contributed by atoms with Crippen LogP contribution in [0.3, 0.4) is 0 Å². The van der Waals surface area contributed by atoms with E-state index in [2.05, 4.69) is 55.0 Å². The van der Waals surface area contributed by atoms with Gasteiger partial charge in [0.2, 0.25) is 5.95 Å². The molecule has 0 aliphatic heterocycles. The fraction of sp³-hybridized carbons (Fsp3) is 0.611. The smallest absolute Gasteiger partial charge is 0.259 e. The van der Waals surface area contributed by atoms with Crippen LogP contribution in [-0.4, -0.2) is 53.5 Å². The number of likely N-dealkylation sites (N-methyl/N-ethyl adjacent to an activating group) is 1. The van der Waals surface area contributed by atoms with E-state index in [1.54, 1.807) is 12.3 Å². The van der Waals surface area contributed by atoms with Crippen LogP contribution in [0.5, 0.6) is 0 Å². The van der Waals surface area contributed by atoms with E-state index in [1.165, 1.54) is 0 Å². The number of nitriles is 1. The minimum atomic E-state index is -1.22. The first-order chi connectivity index (χ1) is 12.4. The zero-order chi connectivity index (χ0) is 19.5. The van der Waals surface area contributed by atoms with Crippen LogP contribution in [0.15, 0.2) is 18.8 Å². The van der Waals surface area contributed by atoms with Crippen molar-refractivity contribution in [3.05, 3.63) is 24.5 Å². The van der Waals surface area contributed by atoms with E-state index < -0.39 is 8.53 Å². The lowest BCUT2D eigenvalue weighted by molar-refractivity contribution is 0.179. The van der Waals surface area contributed by atoms with Crippen molar-refractivity contribution in [2.45, 2.75) is 46.2 Å². The van der Waals surface area contributed by atoms with Crippen LogP contribution in [-0.2, 0) is 9.05 Å². The molecule has 26 heavy (non-hydrogen) atoms. The van der Waals surface area contributed by atoms with E-state index in [9.17, 15) is 0 Å². The molecule has 0 fully saturated rings. The van der Waals surface area contributed by atoms with E-state index in [-0.39, 0.29) is 12.1 Å². The Labute approximate surface area is 158 Å². The Kier molecular flexibility index (Phi) is 10.3. The first kappa shape index (κ1) is 22.5. The quantitative estimate of drug-likeness (QED) is 0.403. The highest BCUT2D eigenvalue weighted by Gasteiger charge is 2.27. The lowest BCUT2D eigenvalue weighted by Crippen LogP contribution is -2.34. The lowest BCUT2D eigenvalue weighted by Gasteiger charge is -2.35. The number of nitrogens with zero attached hydrogens (tertiary/aromatic N) is 5. The van der Waals surface area contributed by atoms with Crippen molar-refractivity contribution in [3.63, 3.8) is 0 Å². The summed E-state index contributed by atoms with van der Waals surface area (Å²) >= 11 is 0. The highest BCUT2D eigenvalue weighted by atomic mass is 31.2. The fourth-order valence-electron chi connectivity index (χ4n) is 2.33. The van der Waals surface area contributed by atoms with Crippen molar-refractivity contribution >= 4 is 20.6 Å². The van der Waals surface area contributed by atoms with Gasteiger partial charge in [0.1, 0.15) is 0 Å². The summed E-state index contributed by atoms with van der Waals surface area (Å²) in [5.41, 5.74) is 0.788. The van der Waals surface area contributed by atoms with Gasteiger partial charge in [-0.1, -0.05) is 6.58 Å². The van der Waals surface area contributed by atoms with Gasteiger partial charge < -0.3 is 13.9 Å². The highest BCUT2D eigenvalue weighted by molar-refractivity contribution is 7.44. The lowest BCUT2D eigenvalue weighted by atomic mass is 10.3. The SMILES string of the molecule is C=Cc1ccnc(N(C)CCOP(OCCC#N)N(C(C)C)C(C)C)n1.